The molecule has 0 unspecified atom stereocenters. The highest BCUT2D eigenvalue weighted by Gasteiger charge is 2.34. The number of nitrogens with zero attached hydrogens (tertiary/aromatic N) is 2. The van der Waals surface area contributed by atoms with Gasteiger partial charge in [0.1, 0.15) is 18.3 Å². The zero-order valence-corrected chi connectivity index (χ0v) is 26.2. The third-order valence-corrected chi connectivity index (χ3v) is 8.28. The molecular formula is C29H32Cl3N3O5S. The van der Waals surface area contributed by atoms with Crippen LogP contribution in [0.4, 0.5) is 5.69 Å². The molecule has 0 aliphatic rings. The van der Waals surface area contributed by atoms with Crippen molar-refractivity contribution in [3.8, 4) is 5.75 Å². The molecule has 0 radical (unpaired) electrons. The highest BCUT2D eigenvalue weighted by molar-refractivity contribution is 7.92. The van der Waals surface area contributed by atoms with Gasteiger partial charge in [0.2, 0.25) is 21.8 Å². The summed E-state index contributed by atoms with van der Waals surface area (Å²) in [4.78, 5) is 29.1. The van der Waals surface area contributed by atoms with E-state index in [9.17, 15) is 18.0 Å². The molecule has 0 heterocycles. The van der Waals surface area contributed by atoms with Crippen LogP contribution in [-0.2, 0) is 32.6 Å². The summed E-state index contributed by atoms with van der Waals surface area (Å²) in [5.74, 6) is -0.430. The average molecular weight is 641 g/mol. The van der Waals surface area contributed by atoms with Crippen LogP contribution in [0.1, 0.15) is 25.0 Å². The summed E-state index contributed by atoms with van der Waals surface area (Å²) in [5, 5.41) is 3.10. The molecule has 0 saturated heterocycles. The number of ether oxygens (including phenoxy) is 1. The van der Waals surface area contributed by atoms with Gasteiger partial charge in [-0.3, -0.25) is 13.9 Å². The van der Waals surface area contributed by atoms with Crippen molar-refractivity contribution in [3.63, 3.8) is 0 Å². The molecule has 220 valence electrons. The molecule has 0 aliphatic carbocycles. The van der Waals surface area contributed by atoms with Crippen LogP contribution in [0.25, 0.3) is 0 Å². The summed E-state index contributed by atoms with van der Waals surface area (Å²) < 4.78 is 32.1. The second-order valence-corrected chi connectivity index (χ2v) is 12.9. The number of amides is 2. The molecule has 0 bridgehead atoms. The summed E-state index contributed by atoms with van der Waals surface area (Å²) in [6.45, 7) is 3.01. The van der Waals surface area contributed by atoms with Gasteiger partial charge in [-0.05, 0) is 49.2 Å². The van der Waals surface area contributed by atoms with Gasteiger partial charge in [0, 0.05) is 19.0 Å². The molecule has 0 fully saturated rings. The van der Waals surface area contributed by atoms with E-state index in [1.54, 1.807) is 24.3 Å². The van der Waals surface area contributed by atoms with Crippen molar-refractivity contribution < 1.29 is 22.7 Å². The van der Waals surface area contributed by atoms with E-state index in [1.165, 1.54) is 24.1 Å². The van der Waals surface area contributed by atoms with Gasteiger partial charge < -0.3 is 15.0 Å². The number of anilines is 1. The van der Waals surface area contributed by atoms with Gasteiger partial charge in [-0.1, -0.05) is 77.3 Å². The van der Waals surface area contributed by atoms with Crippen LogP contribution in [0, 0.1) is 0 Å². The number of hydrogen-bond donors (Lipinski definition) is 1. The van der Waals surface area contributed by atoms with Gasteiger partial charge in [0.05, 0.1) is 34.1 Å². The third kappa shape index (κ3) is 9.00. The quantitative estimate of drug-likeness (QED) is 0.261. The Hall–Kier alpha value is -2.98. The van der Waals surface area contributed by atoms with E-state index in [4.69, 9.17) is 39.5 Å². The zero-order valence-electron chi connectivity index (χ0n) is 23.1. The molecular weight excluding hydrogens is 609 g/mol. The number of nitrogens with one attached hydrogen (secondary N) is 1. The Morgan fingerprint density at radius 1 is 0.902 bits per heavy atom. The van der Waals surface area contributed by atoms with Crippen LogP contribution in [-0.4, -0.2) is 57.1 Å². The van der Waals surface area contributed by atoms with E-state index >= 15 is 0 Å². The molecule has 3 rings (SSSR count). The molecule has 0 aliphatic heterocycles. The molecule has 0 saturated carbocycles. The number of carbonyl (C=O) groups is 2. The SMILES string of the molecule is COc1cccc(CN(C(=O)CN(c2cc(Cl)c(Cl)cc2Cl)S(C)(=O)=O)[C@H](Cc2ccccc2)C(=O)NC(C)C)c1. The summed E-state index contributed by atoms with van der Waals surface area (Å²) in [6, 6.07) is 17.8. The van der Waals surface area contributed by atoms with E-state index in [0.717, 1.165) is 16.1 Å². The minimum atomic E-state index is -4.03. The number of sulfonamides is 1. The van der Waals surface area contributed by atoms with Crippen LogP contribution in [0.5, 0.6) is 5.75 Å². The standard InChI is InChI=1S/C29H32Cl3N3O5S/c1-19(2)33-29(37)27(14-20-9-6-5-7-10-20)34(17-21-11-8-12-22(13-21)40-3)28(36)18-35(41(4,38)39)26-16-24(31)23(30)15-25(26)32/h5-13,15-16,19,27H,14,17-18H2,1-4H3,(H,33,37)/t27-/m1/s1. The number of rotatable bonds is 12. The molecule has 0 aromatic heterocycles. The van der Waals surface area contributed by atoms with Crippen LogP contribution < -0.4 is 14.4 Å². The first-order chi connectivity index (χ1) is 19.3. The predicted octanol–water partition coefficient (Wildman–Crippen LogP) is 5.59. The molecule has 2 amide bonds. The molecule has 1 atom stereocenters. The van der Waals surface area contributed by atoms with E-state index in [0.29, 0.717) is 11.3 Å². The summed E-state index contributed by atoms with van der Waals surface area (Å²) in [7, 11) is -2.50. The Balaban J connectivity index is 2.11. The first-order valence-corrected chi connectivity index (χ1v) is 15.7. The lowest BCUT2D eigenvalue weighted by Gasteiger charge is -2.34. The van der Waals surface area contributed by atoms with Crippen LogP contribution in [0.2, 0.25) is 15.1 Å². The predicted molar refractivity (Wildman–Crippen MR) is 164 cm³/mol. The fourth-order valence-electron chi connectivity index (χ4n) is 4.20. The summed E-state index contributed by atoms with van der Waals surface area (Å²) in [6.07, 6.45) is 1.15. The van der Waals surface area contributed by atoms with Gasteiger partial charge in [-0.2, -0.15) is 0 Å². The van der Waals surface area contributed by atoms with E-state index in [1.807, 2.05) is 44.2 Å². The maximum absolute atomic E-state index is 14.1. The van der Waals surface area contributed by atoms with Gasteiger partial charge >= 0.3 is 0 Å². The number of halogens is 3. The first-order valence-electron chi connectivity index (χ1n) is 12.7. The van der Waals surface area contributed by atoms with Crippen molar-refractivity contribution in [2.24, 2.45) is 0 Å². The minimum Gasteiger partial charge on any atom is -0.497 e. The Morgan fingerprint density at radius 2 is 1.54 bits per heavy atom. The molecule has 0 spiro atoms. The molecule has 41 heavy (non-hydrogen) atoms. The Bertz CT molecular complexity index is 1490. The maximum atomic E-state index is 14.1. The zero-order chi connectivity index (χ0) is 30.3. The lowest BCUT2D eigenvalue weighted by Crippen LogP contribution is -2.54. The summed E-state index contributed by atoms with van der Waals surface area (Å²) in [5.41, 5.74) is 1.50. The monoisotopic (exact) mass is 639 g/mol. The smallest absolute Gasteiger partial charge is 0.244 e. The van der Waals surface area contributed by atoms with Gasteiger partial charge in [-0.25, -0.2) is 8.42 Å². The van der Waals surface area contributed by atoms with Crippen molar-refractivity contribution in [1.82, 2.24) is 10.2 Å². The van der Waals surface area contributed by atoms with Crippen molar-refractivity contribution in [2.75, 3.05) is 24.2 Å². The Morgan fingerprint density at radius 3 is 2.15 bits per heavy atom. The van der Waals surface area contributed by atoms with Crippen LogP contribution >= 0.6 is 34.8 Å². The maximum Gasteiger partial charge on any atom is 0.244 e. The lowest BCUT2D eigenvalue weighted by atomic mass is 10.0. The van der Waals surface area contributed by atoms with E-state index in [2.05, 4.69) is 5.32 Å². The fraction of sp³-hybridized carbons (Fsp3) is 0.310. The molecule has 12 heteroatoms. The van der Waals surface area contributed by atoms with Crippen molar-refractivity contribution in [3.05, 3.63) is 92.9 Å². The fourth-order valence-corrected chi connectivity index (χ4v) is 5.75. The van der Waals surface area contributed by atoms with Gasteiger partial charge in [0.25, 0.3) is 0 Å². The van der Waals surface area contributed by atoms with Gasteiger partial charge in [0.15, 0.2) is 0 Å². The number of hydrogen-bond acceptors (Lipinski definition) is 5. The topological polar surface area (TPSA) is 96.0 Å². The van der Waals surface area contributed by atoms with Crippen molar-refractivity contribution in [2.45, 2.75) is 38.9 Å². The van der Waals surface area contributed by atoms with Crippen LogP contribution in [0.15, 0.2) is 66.7 Å². The number of benzene rings is 3. The first kappa shape index (κ1) is 32.5. The Labute approximate surface area is 256 Å². The molecule has 3 aromatic rings. The average Bonchev–Trinajstić information content (AvgIpc) is 2.91. The third-order valence-electron chi connectivity index (χ3n) is 6.13. The van der Waals surface area contributed by atoms with Crippen LogP contribution in [0.3, 0.4) is 0 Å². The second-order valence-electron chi connectivity index (χ2n) is 9.73. The van der Waals surface area contributed by atoms with Crippen molar-refractivity contribution >= 4 is 62.3 Å². The molecule has 3 aromatic carbocycles. The number of carbonyl (C=O) groups excluding carboxylic acids is 2. The second kappa shape index (κ2) is 14.3. The highest BCUT2D eigenvalue weighted by Crippen LogP contribution is 2.35. The Kier molecular flexibility index (Phi) is 11.3. The largest absolute Gasteiger partial charge is 0.497 e. The van der Waals surface area contributed by atoms with E-state index < -0.39 is 28.5 Å². The molecule has 8 nitrogen and oxygen atoms in total. The van der Waals surface area contributed by atoms with Crippen molar-refractivity contribution in [1.29, 1.82) is 0 Å². The minimum absolute atomic E-state index is 0.00430. The summed E-state index contributed by atoms with van der Waals surface area (Å²) >= 11 is 18.6. The molecule has 1 N–H and O–H groups in total. The highest BCUT2D eigenvalue weighted by atomic mass is 35.5. The lowest BCUT2D eigenvalue weighted by molar-refractivity contribution is -0.140. The van der Waals surface area contributed by atoms with E-state index in [-0.39, 0.29) is 45.7 Å². The number of methoxy groups -OCH3 is 1. The van der Waals surface area contributed by atoms with Gasteiger partial charge in [-0.15, -0.1) is 0 Å². The normalized spacial score (nSPS) is 12.1.